The highest BCUT2D eigenvalue weighted by Crippen LogP contribution is 2.21. The number of anilines is 1. The fourth-order valence-electron chi connectivity index (χ4n) is 2.35. The first-order chi connectivity index (χ1) is 9.90. The van der Waals surface area contributed by atoms with Gasteiger partial charge in [-0.3, -0.25) is 9.59 Å². The number of hydrogen-bond donors (Lipinski definition) is 1. The van der Waals surface area contributed by atoms with Crippen molar-refractivity contribution in [3.8, 4) is 0 Å². The molecule has 21 heavy (non-hydrogen) atoms. The Morgan fingerprint density at radius 2 is 1.71 bits per heavy atom. The van der Waals surface area contributed by atoms with Crippen LogP contribution in [0.15, 0.2) is 18.2 Å². The second kappa shape index (κ2) is 6.35. The molecule has 0 aliphatic carbocycles. The molecule has 1 saturated heterocycles. The van der Waals surface area contributed by atoms with Crippen molar-refractivity contribution in [2.24, 2.45) is 5.92 Å². The molecule has 1 aromatic carbocycles. The molecule has 0 radical (unpaired) electrons. The summed E-state index contributed by atoms with van der Waals surface area (Å²) in [7, 11) is 0. The third kappa shape index (κ3) is 3.47. The highest BCUT2D eigenvalue weighted by atomic mass is 35.5. The van der Waals surface area contributed by atoms with Gasteiger partial charge in [0.15, 0.2) is 0 Å². The summed E-state index contributed by atoms with van der Waals surface area (Å²) in [6.45, 7) is 6.00. The Labute approximate surface area is 129 Å². The van der Waals surface area contributed by atoms with Crippen molar-refractivity contribution >= 4 is 29.1 Å². The van der Waals surface area contributed by atoms with Crippen LogP contribution in [0.25, 0.3) is 0 Å². The average molecular weight is 310 g/mol. The van der Waals surface area contributed by atoms with Gasteiger partial charge in [0.05, 0.1) is 10.7 Å². The topological polar surface area (TPSA) is 66.6 Å². The van der Waals surface area contributed by atoms with Crippen LogP contribution in [0.4, 0.5) is 5.69 Å². The molecule has 0 spiro atoms. The maximum Gasteiger partial charge on any atom is 0.254 e. The summed E-state index contributed by atoms with van der Waals surface area (Å²) in [6, 6.07) is 4.89. The van der Waals surface area contributed by atoms with Gasteiger partial charge in [0.1, 0.15) is 0 Å². The van der Waals surface area contributed by atoms with Gasteiger partial charge in [0.25, 0.3) is 5.91 Å². The predicted molar refractivity (Wildman–Crippen MR) is 83.2 cm³/mol. The molecule has 1 aromatic rings. The smallest absolute Gasteiger partial charge is 0.254 e. The van der Waals surface area contributed by atoms with Gasteiger partial charge in [-0.2, -0.15) is 0 Å². The van der Waals surface area contributed by atoms with Crippen LogP contribution in [0, 0.1) is 5.92 Å². The lowest BCUT2D eigenvalue weighted by Crippen LogP contribution is -2.51. The van der Waals surface area contributed by atoms with E-state index in [2.05, 4.69) is 0 Å². The minimum absolute atomic E-state index is 0.0108. The number of carbonyl (C=O) groups excluding carboxylic acids is 2. The number of piperazine rings is 1. The first kappa shape index (κ1) is 15.6. The molecule has 0 bridgehead atoms. The SMILES string of the molecule is CC(C)C(=O)N1CCN(C(=O)c2ccc(Cl)c(N)c2)CC1. The standard InChI is InChI=1S/C15H20ClN3O2/c1-10(2)14(20)18-5-7-19(8-6-18)15(21)11-3-4-12(16)13(17)9-11/h3-4,9-10H,5-8,17H2,1-2H3. The average Bonchev–Trinajstić information content (AvgIpc) is 2.48. The molecule has 1 aliphatic rings. The summed E-state index contributed by atoms with van der Waals surface area (Å²) in [5.74, 6) is 0.0520. The van der Waals surface area contributed by atoms with Gasteiger partial charge in [0.2, 0.25) is 5.91 Å². The maximum absolute atomic E-state index is 12.4. The van der Waals surface area contributed by atoms with Crippen LogP contribution in [-0.4, -0.2) is 47.8 Å². The van der Waals surface area contributed by atoms with Crippen molar-refractivity contribution in [2.45, 2.75) is 13.8 Å². The lowest BCUT2D eigenvalue weighted by molar-refractivity contribution is -0.135. The zero-order valence-corrected chi connectivity index (χ0v) is 13.1. The normalized spacial score (nSPS) is 15.4. The van der Waals surface area contributed by atoms with Crippen LogP contribution < -0.4 is 5.73 Å². The van der Waals surface area contributed by atoms with E-state index in [0.717, 1.165) is 0 Å². The van der Waals surface area contributed by atoms with Gasteiger partial charge in [-0.1, -0.05) is 25.4 Å². The molecule has 2 amide bonds. The van der Waals surface area contributed by atoms with Crippen LogP contribution in [0.1, 0.15) is 24.2 Å². The fourth-order valence-corrected chi connectivity index (χ4v) is 2.47. The third-order valence-corrected chi connectivity index (χ3v) is 3.96. The summed E-state index contributed by atoms with van der Waals surface area (Å²) < 4.78 is 0. The number of amides is 2. The van der Waals surface area contributed by atoms with Crippen molar-refractivity contribution in [1.29, 1.82) is 0 Å². The van der Waals surface area contributed by atoms with E-state index >= 15 is 0 Å². The van der Waals surface area contributed by atoms with Crippen LogP contribution in [0.2, 0.25) is 5.02 Å². The molecule has 0 saturated carbocycles. The predicted octanol–water partition coefficient (Wildman–Crippen LogP) is 1.86. The Balaban J connectivity index is 2.00. The van der Waals surface area contributed by atoms with E-state index in [4.69, 9.17) is 17.3 Å². The van der Waals surface area contributed by atoms with Gasteiger partial charge >= 0.3 is 0 Å². The van der Waals surface area contributed by atoms with Gasteiger partial charge in [-0.15, -0.1) is 0 Å². The van der Waals surface area contributed by atoms with Crippen LogP contribution in [-0.2, 0) is 4.79 Å². The fraction of sp³-hybridized carbons (Fsp3) is 0.467. The summed E-state index contributed by atoms with van der Waals surface area (Å²) in [4.78, 5) is 27.9. The Hall–Kier alpha value is -1.75. The number of nitrogen functional groups attached to an aromatic ring is 1. The highest BCUT2D eigenvalue weighted by Gasteiger charge is 2.26. The van der Waals surface area contributed by atoms with Crippen molar-refractivity contribution in [3.63, 3.8) is 0 Å². The molecule has 0 unspecified atom stereocenters. The summed E-state index contributed by atoms with van der Waals surface area (Å²) in [6.07, 6.45) is 0. The number of hydrogen-bond acceptors (Lipinski definition) is 3. The first-order valence-corrected chi connectivity index (χ1v) is 7.41. The minimum Gasteiger partial charge on any atom is -0.398 e. The number of rotatable bonds is 2. The largest absolute Gasteiger partial charge is 0.398 e. The van der Waals surface area contributed by atoms with Crippen molar-refractivity contribution < 1.29 is 9.59 Å². The van der Waals surface area contributed by atoms with E-state index in [0.29, 0.717) is 42.5 Å². The summed E-state index contributed by atoms with van der Waals surface area (Å²) in [5, 5.41) is 0.443. The molecule has 114 valence electrons. The third-order valence-electron chi connectivity index (χ3n) is 3.62. The molecule has 6 heteroatoms. The van der Waals surface area contributed by atoms with Crippen molar-refractivity contribution in [3.05, 3.63) is 28.8 Å². The molecule has 1 fully saturated rings. The van der Waals surface area contributed by atoms with Gasteiger partial charge in [-0.25, -0.2) is 0 Å². The van der Waals surface area contributed by atoms with E-state index in [1.165, 1.54) is 0 Å². The van der Waals surface area contributed by atoms with Gasteiger partial charge in [0, 0.05) is 37.7 Å². The molecule has 2 N–H and O–H groups in total. The van der Waals surface area contributed by atoms with Gasteiger partial charge in [-0.05, 0) is 18.2 Å². The second-order valence-electron chi connectivity index (χ2n) is 5.51. The quantitative estimate of drug-likeness (QED) is 0.848. The lowest BCUT2D eigenvalue weighted by atomic mass is 10.1. The summed E-state index contributed by atoms with van der Waals surface area (Å²) >= 11 is 5.86. The molecule has 5 nitrogen and oxygen atoms in total. The number of halogens is 1. The molecular weight excluding hydrogens is 290 g/mol. The van der Waals surface area contributed by atoms with E-state index in [9.17, 15) is 9.59 Å². The molecular formula is C15H20ClN3O2. The number of nitrogens with two attached hydrogens (primary N) is 1. The molecule has 0 atom stereocenters. The Morgan fingerprint density at radius 1 is 1.14 bits per heavy atom. The van der Waals surface area contributed by atoms with E-state index in [1.54, 1.807) is 23.1 Å². The lowest BCUT2D eigenvalue weighted by Gasteiger charge is -2.35. The zero-order chi connectivity index (χ0) is 15.6. The molecule has 0 aromatic heterocycles. The molecule has 1 heterocycles. The van der Waals surface area contributed by atoms with Crippen molar-refractivity contribution in [1.82, 2.24) is 9.80 Å². The van der Waals surface area contributed by atoms with Crippen LogP contribution in [0.3, 0.4) is 0 Å². The monoisotopic (exact) mass is 309 g/mol. The molecule has 2 rings (SSSR count). The number of nitrogens with zero attached hydrogens (tertiary/aromatic N) is 2. The van der Waals surface area contributed by atoms with Gasteiger partial charge < -0.3 is 15.5 Å². The second-order valence-corrected chi connectivity index (χ2v) is 5.92. The molecule has 1 aliphatic heterocycles. The van der Waals surface area contributed by atoms with Crippen LogP contribution in [0.5, 0.6) is 0 Å². The first-order valence-electron chi connectivity index (χ1n) is 7.03. The minimum atomic E-state index is -0.0741. The Kier molecular flexibility index (Phi) is 4.73. The van der Waals surface area contributed by atoms with E-state index in [-0.39, 0.29) is 17.7 Å². The van der Waals surface area contributed by atoms with Crippen LogP contribution >= 0.6 is 11.6 Å². The zero-order valence-electron chi connectivity index (χ0n) is 12.3. The van der Waals surface area contributed by atoms with E-state index in [1.807, 2.05) is 18.7 Å². The Morgan fingerprint density at radius 3 is 2.24 bits per heavy atom. The summed E-state index contributed by atoms with van der Waals surface area (Å²) in [5.41, 5.74) is 6.65. The van der Waals surface area contributed by atoms with E-state index < -0.39 is 0 Å². The number of carbonyl (C=O) groups is 2. The Bertz CT molecular complexity index is 552. The maximum atomic E-state index is 12.4. The van der Waals surface area contributed by atoms with Crippen molar-refractivity contribution in [2.75, 3.05) is 31.9 Å². The number of benzene rings is 1. The highest BCUT2D eigenvalue weighted by molar-refractivity contribution is 6.33.